The van der Waals surface area contributed by atoms with Gasteiger partial charge in [0.25, 0.3) is 0 Å². The van der Waals surface area contributed by atoms with E-state index in [1.807, 2.05) is 20.8 Å². The minimum atomic E-state index is -1.05. The molecule has 0 aliphatic carbocycles. The lowest BCUT2D eigenvalue weighted by Crippen LogP contribution is -2.53. The van der Waals surface area contributed by atoms with Crippen LogP contribution in [0.2, 0.25) is 0 Å². The molecule has 0 fully saturated rings. The summed E-state index contributed by atoms with van der Waals surface area (Å²) in [4.78, 5) is 50.2. The Balaban J connectivity index is 2.96. The van der Waals surface area contributed by atoms with Gasteiger partial charge >= 0.3 is 18.2 Å². The van der Waals surface area contributed by atoms with Gasteiger partial charge in [0.1, 0.15) is 34.6 Å². The van der Waals surface area contributed by atoms with Crippen molar-refractivity contribution in [1.29, 1.82) is 0 Å². The van der Waals surface area contributed by atoms with E-state index in [-0.39, 0.29) is 25.0 Å². The van der Waals surface area contributed by atoms with Crippen molar-refractivity contribution in [2.75, 3.05) is 13.7 Å². The molecule has 0 aliphatic rings. The summed E-state index contributed by atoms with van der Waals surface area (Å²) in [7, 11) is 1.22. The van der Waals surface area contributed by atoms with Gasteiger partial charge in [-0.1, -0.05) is 12.1 Å². The monoisotopic (exact) mass is 565 g/mol. The molecule has 1 aromatic rings. The average molecular weight is 566 g/mol. The highest BCUT2D eigenvalue weighted by atomic mass is 16.6. The van der Waals surface area contributed by atoms with E-state index in [2.05, 4.69) is 16.0 Å². The normalized spacial score (nSPS) is 13.3. The zero-order valence-corrected chi connectivity index (χ0v) is 25.6. The van der Waals surface area contributed by atoms with Crippen molar-refractivity contribution in [3.05, 3.63) is 29.8 Å². The standard InChI is InChI=1S/C29H47N3O8/c1-27(2,3)38-20-15-13-19(14-16-20)18-22(32-26(36)40-29(7,8)9)23(33)31-21(24(34)37-10)12-11-17-30-25(35)39-28(4,5)6/h13-16,21-22H,11-12,17-18H2,1-10H3,(H,30,35)(H,31,33)(H,32,36)/t21-,22-/m0/s1. The van der Waals surface area contributed by atoms with Crippen LogP contribution in [0, 0.1) is 0 Å². The first-order chi connectivity index (χ1) is 18.3. The highest BCUT2D eigenvalue weighted by Crippen LogP contribution is 2.19. The molecule has 3 N–H and O–H groups in total. The van der Waals surface area contributed by atoms with Crippen LogP contribution in [0.15, 0.2) is 24.3 Å². The van der Waals surface area contributed by atoms with Crippen molar-refractivity contribution >= 4 is 24.1 Å². The second-order valence-electron chi connectivity index (χ2n) is 12.4. The van der Waals surface area contributed by atoms with Gasteiger partial charge in [-0.05, 0) is 92.9 Å². The number of amides is 3. The molecule has 0 radical (unpaired) electrons. The molecule has 0 saturated heterocycles. The summed E-state index contributed by atoms with van der Waals surface area (Å²) in [5.41, 5.74) is -1.02. The summed E-state index contributed by atoms with van der Waals surface area (Å²) in [6, 6.07) is 5.14. The molecule has 3 amide bonds. The number of alkyl carbamates (subject to hydrolysis) is 2. The number of ether oxygens (including phenoxy) is 4. The largest absolute Gasteiger partial charge is 0.488 e. The molecular weight excluding hydrogens is 518 g/mol. The van der Waals surface area contributed by atoms with Gasteiger partial charge < -0.3 is 34.9 Å². The first-order valence-electron chi connectivity index (χ1n) is 13.4. The van der Waals surface area contributed by atoms with Crippen LogP contribution >= 0.6 is 0 Å². The van der Waals surface area contributed by atoms with Crippen molar-refractivity contribution in [3.8, 4) is 5.75 Å². The molecule has 11 nitrogen and oxygen atoms in total. The van der Waals surface area contributed by atoms with Crippen LogP contribution in [0.1, 0.15) is 80.7 Å². The third kappa shape index (κ3) is 15.2. The molecule has 226 valence electrons. The molecule has 40 heavy (non-hydrogen) atoms. The van der Waals surface area contributed by atoms with Crippen molar-refractivity contribution < 1.29 is 38.1 Å². The smallest absolute Gasteiger partial charge is 0.408 e. The second kappa shape index (κ2) is 14.8. The number of benzene rings is 1. The summed E-state index contributed by atoms with van der Waals surface area (Å²) in [6.45, 7) is 16.5. The molecular formula is C29H47N3O8. The SMILES string of the molecule is COC(=O)[C@H](CCCNC(=O)OC(C)(C)C)NC(=O)[C@H](Cc1ccc(OC(C)(C)C)cc1)NC(=O)OC(C)(C)C. The highest BCUT2D eigenvalue weighted by Gasteiger charge is 2.29. The van der Waals surface area contributed by atoms with Gasteiger partial charge in [-0.2, -0.15) is 0 Å². The molecule has 1 aromatic carbocycles. The summed E-state index contributed by atoms with van der Waals surface area (Å²) < 4.78 is 21.3. The summed E-state index contributed by atoms with van der Waals surface area (Å²) in [5, 5.41) is 7.90. The molecule has 0 bridgehead atoms. The topological polar surface area (TPSA) is 141 Å². The van der Waals surface area contributed by atoms with Crippen molar-refractivity contribution in [3.63, 3.8) is 0 Å². The maximum atomic E-state index is 13.3. The minimum Gasteiger partial charge on any atom is -0.488 e. The Morgan fingerprint density at radius 2 is 1.30 bits per heavy atom. The number of methoxy groups -OCH3 is 1. The van der Waals surface area contributed by atoms with Crippen LogP contribution in [-0.4, -0.2) is 66.6 Å². The molecule has 0 aromatic heterocycles. The maximum Gasteiger partial charge on any atom is 0.408 e. The van der Waals surface area contributed by atoms with Gasteiger partial charge in [0, 0.05) is 13.0 Å². The fraction of sp³-hybridized carbons (Fsp3) is 0.655. The van der Waals surface area contributed by atoms with Crippen LogP contribution in [0.3, 0.4) is 0 Å². The van der Waals surface area contributed by atoms with E-state index in [9.17, 15) is 19.2 Å². The molecule has 11 heteroatoms. The third-order valence-corrected chi connectivity index (χ3v) is 4.93. The van der Waals surface area contributed by atoms with Crippen LogP contribution in [0.25, 0.3) is 0 Å². The first kappa shape index (κ1) is 34.5. The van der Waals surface area contributed by atoms with Crippen LogP contribution in [0.5, 0.6) is 5.75 Å². The van der Waals surface area contributed by atoms with Crippen LogP contribution in [0.4, 0.5) is 9.59 Å². The summed E-state index contributed by atoms with van der Waals surface area (Å²) >= 11 is 0. The highest BCUT2D eigenvalue weighted by molar-refractivity contribution is 5.89. The molecule has 2 atom stereocenters. The molecule has 0 unspecified atom stereocenters. The van der Waals surface area contributed by atoms with E-state index in [1.54, 1.807) is 65.8 Å². The quantitative estimate of drug-likeness (QED) is 0.205. The van der Waals surface area contributed by atoms with Gasteiger partial charge in [0.2, 0.25) is 5.91 Å². The third-order valence-electron chi connectivity index (χ3n) is 4.93. The van der Waals surface area contributed by atoms with Crippen molar-refractivity contribution in [2.45, 2.75) is 110 Å². The fourth-order valence-corrected chi connectivity index (χ4v) is 3.42. The summed E-state index contributed by atoms with van der Waals surface area (Å²) in [5.74, 6) is -0.565. The number of nitrogens with one attached hydrogen (secondary N) is 3. The van der Waals surface area contributed by atoms with Gasteiger partial charge in [-0.15, -0.1) is 0 Å². The Morgan fingerprint density at radius 1 is 0.750 bits per heavy atom. The molecule has 1 rings (SSSR count). The molecule has 0 aliphatic heterocycles. The van der Waals surface area contributed by atoms with Gasteiger partial charge in [0.05, 0.1) is 7.11 Å². The van der Waals surface area contributed by atoms with Gasteiger partial charge in [0.15, 0.2) is 0 Å². The van der Waals surface area contributed by atoms with E-state index >= 15 is 0 Å². The van der Waals surface area contributed by atoms with E-state index in [0.717, 1.165) is 5.56 Å². The van der Waals surface area contributed by atoms with Crippen molar-refractivity contribution in [2.24, 2.45) is 0 Å². The Hall–Kier alpha value is -3.50. The average Bonchev–Trinajstić information content (AvgIpc) is 2.77. The Kier molecular flexibility index (Phi) is 12.7. The van der Waals surface area contributed by atoms with Gasteiger partial charge in [-0.25, -0.2) is 14.4 Å². The minimum absolute atomic E-state index is 0.134. The predicted molar refractivity (Wildman–Crippen MR) is 151 cm³/mol. The number of hydrogen-bond acceptors (Lipinski definition) is 8. The zero-order valence-electron chi connectivity index (χ0n) is 25.6. The Bertz CT molecular complexity index is 989. The predicted octanol–water partition coefficient (Wildman–Crippen LogP) is 4.26. The Morgan fingerprint density at radius 3 is 1.80 bits per heavy atom. The van der Waals surface area contributed by atoms with Crippen LogP contribution < -0.4 is 20.7 Å². The van der Waals surface area contributed by atoms with E-state index < -0.39 is 47.3 Å². The van der Waals surface area contributed by atoms with E-state index in [4.69, 9.17) is 18.9 Å². The van der Waals surface area contributed by atoms with E-state index in [0.29, 0.717) is 12.2 Å². The second-order valence-corrected chi connectivity index (χ2v) is 12.4. The fourth-order valence-electron chi connectivity index (χ4n) is 3.42. The lowest BCUT2D eigenvalue weighted by atomic mass is 10.0. The van der Waals surface area contributed by atoms with Crippen LogP contribution in [-0.2, 0) is 30.2 Å². The lowest BCUT2D eigenvalue weighted by molar-refractivity contribution is -0.145. The van der Waals surface area contributed by atoms with E-state index in [1.165, 1.54) is 7.11 Å². The maximum absolute atomic E-state index is 13.3. The number of carbonyl (C=O) groups excluding carboxylic acids is 4. The molecule has 0 heterocycles. The number of esters is 1. The zero-order chi connectivity index (χ0) is 30.7. The number of carbonyl (C=O) groups is 4. The summed E-state index contributed by atoms with van der Waals surface area (Å²) in [6.07, 6.45) is -0.664. The molecule has 0 spiro atoms. The first-order valence-corrected chi connectivity index (χ1v) is 13.4. The number of rotatable bonds is 11. The van der Waals surface area contributed by atoms with Gasteiger partial charge in [-0.3, -0.25) is 4.79 Å². The van der Waals surface area contributed by atoms with Crippen molar-refractivity contribution in [1.82, 2.24) is 16.0 Å². The number of hydrogen-bond donors (Lipinski definition) is 3. The lowest BCUT2D eigenvalue weighted by Gasteiger charge is -2.25. The molecule has 0 saturated carbocycles. The Labute approximate surface area is 238 Å².